The fourth-order valence-electron chi connectivity index (χ4n) is 4.77. The van der Waals surface area contributed by atoms with Crippen molar-refractivity contribution in [1.29, 1.82) is 0 Å². The molecule has 1 aromatic carbocycles. The topological polar surface area (TPSA) is 219 Å². The Bertz CT molecular complexity index is 2090. The van der Waals surface area contributed by atoms with Crippen LogP contribution in [0.2, 0.25) is 0 Å². The maximum absolute atomic E-state index is 12.7. The number of nitrogens with zero attached hydrogens (tertiary/aromatic N) is 2. The number of methoxy groups -OCH3 is 2. The number of aromatic nitrogens is 2. The Hall–Kier alpha value is -5.53. The molecule has 0 saturated carbocycles. The van der Waals surface area contributed by atoms with Crippen molar-refractivity contribution in [2.45, 2.75) is 32.5 Å². The van der Waals surface area contributed by atoms with E-state index in [1.807, 2.05) is 56.3 Å². The van der Waals surface area contributed by atoms with Crippen molar-refractivity contribution in [1.82, 2.24) is 25.9 Å². The third-order valence-corrected chi connectivity index (χ3v) is 10.3. The van der Waals surface area contributed by atoms with E-state index in [9.17, 15) is 24.0 Å². The zero-order valence-corrected chi connectivity index (χ0v) is 33.0. The van der Waals surface area contributed by atoms with Gasteiger partial charge in [0.15, 0.2) is 0 Å². The summed E-state index contributed by atoms with van der Waals surface area (Å²) in [5.41, 5.74) is 10.1. The summed E-state index contributed by atoms with van der Waals surface area (Å²) in [6.07, 6.45) is 2.59. The summed E-state index contributed by atoms with van der Waals surface area (Å²) < 4.78 is 26.7. The number of carbonyl (C=O) groups excluding carboxylic acids is 5. The Morgan fingerprint density at radius 3 is 1.73 bits per heavy atom. The highest BCUT2D eigenvalue weighted by Crippen LogP contribution is 2.27. The number of benzene rings is 1. The standard InChI is InChI=1S/C23H25N3O6S.C15H19N3O4S/c1-15-8-9-24-17-12-19(33-20(15)17)21(27)25-13-18(22(28)31-11-10-30-2)26-23(29)32-14-16-6-4-3-5-7-16;1-9-3-4-17-11-7-12(23-13(9)11)14(19)18-8-10(16)15(20)22-6-5-21-2/h3-9,12,18H,10-11,13-14H2,1-2H3,(H,25,27)(H,26,29);3-4,7,10H,5-6,8,16H2,1-2H3,(H,18,19)/t18-;10-/m11/s1. The van der Waals surface area contributed by atoms with Gasteiger partial charge in [-0.15, -0.1) is 22.7 Å². The number of ether oxygens (including phenoxy) is 5. The number of rotatable bonds is 17. The van der Waals surface area contributed by atoms with Crippen molar-refractivity contribution in [2.24, 2.45) is 5.73 Å². The van der Waals surface area contributed by atoms with Crippen molar-refractivity contribution in [3.05, 3.63) is 93.4 Å². The first-order valence-electron chi connectivity index (χ1n) is 17.3. The number of carbonyl (C=O) groups is 5. The molecule has 0 radical (unpaired) electrons. The summed E-state index contributed by atoms with van der Waals surface area (Å²) >= 11 is 2.67. The molecular weight excluding hydrogens is 765 g/mol. The number of hydrogen-bond donors (Lipinski definition) is 4. The second kappa shape index (κ2) is 22.1. The molecule has 298 valence electrons. The van der Waals surface area contributed by atoms with E-state index in [2.05, 4.69) is 25.9 Å². The van der Waals surface area contributed by atoms with Crippen molar-refractivity contribution >= 4 is 73.0 Å². The number of hydrogen-bond acceptors (Lipinski definition) is 15. The molecule has 5 rings (SSSR count). The Morgan fingerprint density at radius 2 is 1.21 bits per heavy atom. The van der Waals surface area contributed by atoms with Gasteiger partial charge in [0.1, 0.15) is 31.9 Å². The van der Waals surface area contributed by atoms with Gasteiger partial charge in [0.25, 0.3) is 11.8 Å². The van der Waals surface area contributed by atoms with Crippen molar-refractivity contribution in [3.8, 4) is 0 Å². The zero-order chi connectivity index (χ0) is 40.5. The van der Waals surface area contributed by atoms with E-state index >= 15 is 0 Å². The van der Waals surface area contributed by atoms with Crippen LogP contribution in [0, 0.1) is 13.8 Å². The maximum atomic E-state index is 12.7. The highest BCUT2D eigenvalue weighted by Gasteiger charge is 2.25. The molecule has 0 aliphatic heterocycles. The lowest BCUT2D eigenvalue weighted by molar-refractivity contribution is -0.147. The maximum Gasteiger partial charge on any atom is 0.408 e. The van der Waals surface area contributed by atoms with E-state index in [0.29, 0.717) is 16.4 Å². The van der Waals surface area contributed by atoms with Crippen LogP contribution in [0.3, 0.4) is 0 Å². The SMILES string of the molecule is COCCOC(=O)[C@@H](CNC(=O)c1cc2nccc(C)c2s1)NC(=O)OCc1ccccc1.COCCOC(=O)[C@H](N)CNC(=O)c1cc2nccc(C)c2s1. The quantitative estimate of drug-likeness (QED) is 0.0600. The summed E-state index contributed by atoms with van der Waals surface area (Å²) in [6, 6.07) is 14.3. The fraction of sp³-hybridized carbons (Fsp3) is 0.342. The van der Waals surface area contributed by atoms with Crippen LogP contribution in [0.4, 0.5) is 4.79 Å². The predicted octanol–water partition coefficient (Wildman–Crippen LogP) is 3.67. The van der Waals surface area contributed by atoms with Crippen molar-refractivity contribution < 1.29 is 47.7 Å². The summed E-state index contributed by atoms with van der Waals surface area (Å²) in [7, 11) is 2.99. The number of fused-ring (bicyclic) bond motifs is 2. The molecule has 0 unspecified atom stereocenters. The molecule has 3 amide bonds. The van der Waals surface area contributed by atoms with Crippen LogP contribution in [-0.2, 0) is 39.9 Å². The van der Waals surface area contributed by atoms with Crippen LogP contribution in [0.15, 0.2) is 67.0 Å². The van der Waals surface area contributed by atoms with Crippen LogP contribution < -0.4 is 21.7 Å². The normalized spacial score (nSPS) is 11.8. The molecule has 0 aliphatic rings. The summed E-state index contributed by atoms with van der Waals surface area (Å²) in [6.45, 7) is 4.44. The molecule has 0 bridgehead atoms. The summed E-state index contributed by atoms with van der Waals surface area (Å²) in [5, 5.41) is 7.76. The van der Waals surface area contributed by atoms with Gasteiger partial charge in [-0.05, 0) is 54.8 Å². The van der Waals surface area contributed by atoms with Crippen LogP contribution in [-0.4, -0.2) is 106 Å². The van der Waals surface area contributed by atoms with Gasteiger partial charge < -0.3 is 45.4 Å². The van der Waals surface area contributed by atoms with Crippen LogP contribution in [0.25, 0.3) is 20.4 Å². The first-order chi connectivity index (χ1) is 27.0. The second-order valence-electron chi connectivity index (χ2n) is 12.0. The average molecular weight is 809 g/mol. The Labute approximate surface area is 331 Å². The number of pyridine rings is 2. The lowest BCUT2D eigenvalue weighted by Gasteiger charge is -2.18. The van der Waals surface area contributed by atoms with Gasteiger partial charge in [-0.3, -0.25) is 24.4 Å². The number of esters is 2. The highest BCUT2D eigenvalue weighted by atomic mass is 32.1. The number of alkyl carbamates (subject to hydrolysis) is 1. The molecule has 0 saturated heterocycles. The Kier molecular flexibility index (Phi) is 17.1. The molecule has 0 aliphatic carbocycles. The monoisotopic (exact) mass is 808 g/mol. The molecule has 5 aromatic rings. The van der Waals surface area contributed by atoms with E-state index in [1.165, 1.54) is 36.9 Å². The second-order valence-corrected chi connectivity index (χ2v) is 14.1. The molecule has 0 fully saturated rings. The number of aryl methyl sites for hydroxylation is 2. The minimum absolute atomic E-state index is 0.00526. The molecule has 0 spiro atoms. The van der Waals surface area contributed by atoms with Crippen LogP contribution in [0.5, 0.6) is 0 Å². The molecule has 2 atom stereocenters. The van der Waals surface area contributed by atoms with Gasteiger partial charge in [-0.1, -0.05) is 30.3 Å². The van der Waals surface area contributed by atoms with Gasteiger partial charge in [0.2, 0.25) is 0 Å². The zero-order valence-electron chi connectivity index (χ0n) is 31.3. The van der Waals surface area contributed by atoms with Gasteiger partial charge in [0.05, 0.1) is 43.4 Å². The van der Waals surface area contributed by atoms with Gasteiger partial charge in [-0.2, -0.15) is 0 Å². The molecule has 16 nitrogen and oxygen atoms in total. The number of amides is 3. The van der Waals surface area contributed by atoms with E-state index in [1.54, 1.807) is 24.5 Å². The average Bonchev–Trinajstić information content (AvgIpc) is 3.85. The fourth-order valence-corrected chi connectivity index (χ4v) is 6.77. The van der Waals surface area contributed by atoms with Gasteiger partial charge in [-0.25, -0.2) is 9.59 Å². The van der Waals surface area contributed by atoms with Crippen LogP contribution >= 0.6 is 22.7 Å². The molecule has 4 heterocycles. The lowest BCUT2D eigenvalue weighted by atomic mass is 10.2. The van der Waals surface area contributed by atoms with E-state index in [4.69, 9.17) is 29.4 Å². The highest BCUT2D eigenvalue weighted by molar-refractivity contribution is 7.21. The molecule has 4 aromatic heterocycles. The molecule has 18 heteroatoms. The van der Waals surface area contributed by atoms with Gasteiger partial charge >= 0.3 is 18.0 Å². The minimum Gasteiger partial charge on any atom is -0.462 e. The predicted molar refractivity (Wildman–Crippen MR) is 211 cm³/mol. The first-order valence-corrected chi connectivity index (χ1v) is 18.9. The first kappa shape index (κ1) is 43.2. The van der Waals surface area contributed by atoms with Crippen LogP contribution in [0.1, 0.15) is 36.0 Å². The molecular formula is C38H44N6O10S2. The number of thiophene rings is 2. The summed E-state index contributed by atoms with van der Waals surface area (Å²) in [5.74, 6) is -1.95. The lowest BCUT2D eigenvalue weighted by Crippen LogP contribution is -2.49. The van der Waals surface area contributed by atoms with Crippen molar-refractivity contribution in [3.63, 3.8) is 0 Å². The Morgan fingerprint density at radius 1 is 0.696 bits per heavy atom. The smallest absolute Gasteiger partial charge is 0.408 e. The minimum atomic E-state index is -1.14. The van der Waals surface area contributed by atoms with E-state index in [0.717, 1.165) is 37.1 Å². The van der Waals surface area contributed by atoms with Gasteiger partial charge in [0, 0.05) is 39.7 Å². The molecule has 56 heavy (non-hydrogen) atoms. The third kappa shape index (κ3) is 13.1. The number of nitrogens with two attached hydrogens (primary N) is 1. The molecule has 5 N–H and O–H groups in total. The summed E-state index contributed by atoms with van der Waals surface area (Å²) in [4.78, 5) is 70.6. The number of nitrogens with one attached hydrogen (secondary N) is 3. The third-order valence-electron chi connectivity index (χ3n) is 7.77. The van der Waals surface area contributed by atoms with Crippen molar-refractivity contribution in [2.75, 3.05) is 53.7 Å². The van der Waals surface area contributed by atoms with E-state index in [-0.39, 0.29) is 51.3 Å². The van der Waals surface area contributed by atoms with E-state index < -0.39 is 30.1 Å². The largest absolute Gasteiger partial charge is 0.462 e. The Balaban J connectivity index is 0.000000265.